The molecule has 0 bridgehead atoms. The Morgan fingerprint density at radius 1 is 1.04 bits per heavy atom. The molecule has 1 saturated heterocycles. The fourth-order valence-corrected chi connectivity index (χ4v) is 4.83. The molecule has 2 nitrogen and oxygen atoms in total. The second kappa shape index (κ2) is 6.53. The number of rotatable bonds is 2. The lowest BCUT2D eigenvalue weighted by molar-refractivity contribution is -0.00197. The molecule has 126 valence electrons. The Bertz CT molecular complexity index is 717. The highest BCUT2D eigenvalue weighted by atomic mass is 79.9. The number of fused-ring (bicyclic) bond motifs is 1. The zero-order chi connectivity index (χ0) is 16.6. The van der Waals surface area contributed by atoms with Gasteiger partial charge in [0.05, 0.1) is 7.11 Å². The molecule has 2 aromatic rings. The molecule has 1 aliphatic carbocycles. The second-order valence-corrected chi connectivity index (χ2v) is 7.94. The van der Waals surface area contributed by atoms with E-state index in [1.165, 1.54) is 23.1 Å². The predicted molar refractivity (Wildman–Crippen MR) is 99.8 cm³/mol. The molecule has 1 atom stereocenters. The quantitative estimate of drug-likeness (QED) is 0.693. The number of ether oxygens (including phenoxy) is 2. The van der Waals surface area contributed by atoms with Gasteiger partial charge in [0.15, 0.2) is 0 Å². The Hall–Kier alpha value is -1.32. The van der Waals surface area contributed by atoms with Gasteiger partial charge in [-0.1, -0.05) is 34.1 Å². The molecule has 0 saturated carbocycles. The molecule has 0 aromatic heterocycles. The van der Waals surface area contributed by atoms with Gasteiger partial charge >= 0.3 is 0 Å². The highest BCUT2D eigenvalue weighted by Gasteiger charge is 2.44. The van der Waals surface area contributed by atoms with Crippen LogP contribution in [0, 0.1) is 5.41 Å². The van der Waals surface area contributed by atoms with Crippen molar-refractivity contribution in [1.29, 1.82) is 0 Å². The molecule has 3 heteroatoms. The molecule has 1 aliphatic heterocycles. The third kappa shape index (κ3) is 2.78. The van der Waals surface area contributed by atoms with E-state index in [2.05, 4.69) is 58.4 Å². The largest absolute Gasteiger partial charge is 0.497 e. The van der Waals surface area contributed by atoms with E-state index in [4.69, 9.17) is 9.47 Å². The molecular weight excluding hydrogens is 364 g/mol. The topological polar surface area (TPSA) is 18.5 Å². The summed E-state index contributed by atoms with van der Waals surface area (Å²) in [5.74, 6) is 1.41. The molecular formula is C21H23BrO2. The zero-order valence-corrected chi connectivity index (χ0v) is 15.6. The van der Waals surface area contributed by atoms with Gasteiger partial charge in [-0.25, -0.2) is 0 Å². The van der Waals surface area contributed by atoms with Crippen molar-refractivity contribution < 1.29 is 9.47 Å². The Morgan fingerprint density at radius 3 is 2.50 bits per heavy atom. The normalized spacial score (nSPS) is 22.2. The van der Waals surface area contributed by atoms with Crippen LogP contribution in [0.15, 0.2) is 46.9 Å². The van der Waals surface area contributed by atoms with E-state index < -0.39 is 0 Å². The van der Waals surface area contributed by atoms with E-state index >= 15 is 0 Å². The Morgan fingerprint density at radius 2 is 1.79 bits per heavy atom. The summed E-state index contributed by atoms with van der Waals surface area (Å²) in [5, 5.41) is 0. The number of aryl methyl sites for hydroxylation is 1. The standard InChI is InChI=1S/C21H23BrO2/c1-23-18-6-7-19-16(14-18)8-9-21(10-12-24-13-11-21)20(19)15-2-4-17(22)5-3-15/h2-7,14,20H,8-13H2,1H3. The molecule has 1 spiro atoms. The lowest BCUT2D eigenvalue weighted by Crippen LogP contribution is -2.39. The Kier molecular flexibility index (Phi) is 4.40. The summed E-state index contributed by atoms with van der Waals surface area (Å²) in [6.07, 6.45) is 4.68. The van der Waals surface area contributed by atoms with Crippen molar-refractivity contribution in [3.05, 3.63) is 63.6 Å². The first-order chi connectivity index (χ1) is 11.7. The predicted octanol–water partition coefficient (Wildman–Crippen LogP) is 5.33. The van der Waals surface area contributed by atoms with Gasteiger partial charge in [-0.3, -0.25) is 0 Å². The van der Waals surface area contributed by atoms with Crippen molar-refractivity contribution in [2.75, 3.05) is 20.3 Å². The molecule has 1 heterocycles. The van der Waals surface area contributed by atoms with Crippen molar-refractivity contribution in [2.45, 2.75) is 31.6 Å². The van der Waals surface area contributed by atoms with Crippen molar-refractivity contribution in [1.82, 2.24) is 0 Å². The SMILES string of the molecule is COc1ccc2c(c1)CCC1(CCOCC1)C2c1ccc(Br)cc1. The number of halogens is 1. The maximum absolute atomic E-state index is 5.70. The number of hydrogen-bond donors (Lipinski definition) is 0. The Labute approximate surface area is 152 Å². The summed E-state index contributed by atoms with van der Waals surface area (Å²) in [7, 11) is 1.75. The average molecular weight is 387 g/mol. The first kappa shape index (κ1) is 16.2. The molecule has 0 amide bonds. The van der Waals surface area contributed by atoms with Gasteiger partial charge in [0.1, 0.15) is 5.75 Å². The minimum absolute atomic E-state index is 0.327. The van der Waals surface area contributed by atoms with Crippen LogP contribution in [0.4, 0.5) is 0 Å². The van der Waals surface area contributed by atoms with Crippen LogP contribution >= 0.6 is 15.9 Å². The Balaban J connectivity index is 1.84. The van der Waals surface area contributed by atoms with E-state index in [-0.39, 0.29) is 0 Å². The lowest BCUT2D eigenvalue weighted by Gasteiger charge is -2.48. The summed E-state index contributed by atoms with van der Waals surface area (Å²) in [4.78, 5) is 0. The highest BCUT2D eigenvalue weighted by molar-refractivity contribution is 9.10. The van der Waals surface area contributed by atoms with Gasteiger partial charge in [-0.2, -0.15) is 0 Å². The van der Waals surface area contributed by atoms with Crippen LogP contribution in [0.3, 0.4) is 0 Å². The average Bonchev–Trinajstić information content (AvgIpc) is 2.63. The van der Waals surface area contributed by atoms with Crippen molar-refractivity contribution >= 4 is 15.9 Å². The summed E-state index contributed by atoms with van der Waals surface area (Å²) in [6, 6.07) is 15.5. The fraction of sp³-hybridized carbons (Fsp3) is 0.429. The van der Waals surface area contributed by atoms with Crippen LogP contribution in [0.2, 0.25) is 0 Å². The second-order valence-electron chi connectivity index (χ2n) is 7.02. The van der Waals surface area contributed by atoms with Gasteiger partial charge in [0.25, 0.3) is 0 Å². The van der Waals surface area contributed by atoms with Crippen LogP contribution < -0.4 is 4.74 Å². The number of hydrogen-bond acceptors (Lipinski definition) is 2. The summed E-state index contributed by atoms with van der Waals surface area (Å²) in [6.45, 7) is 1.77. The van der Waals surface area contributed by atoms with E-state index in [0.717, 1.165) is 42.7 Å². The lowest BCUT2D eigenvalue weighted by atomic mass is 9.58. The molecule has 2 aliphatic rings. The summed E-state index contributed by atoms with van der Waals surface area (Å²) in [5.41, 5.74) is 4.67. The third-order valence-electron chi connectivity index (χ3n) is 5.86. The smallest absolute Gasteiger partial charge is 0.119 e. The van der Waals surface area contributed by atoms with E-state index in [1.54, 1.807) is 7.11 Å². The van der Waals surface area contributed by atoms with E-state index in [9.17, 15) is 0 Å². The molecule has 0 N–H and O–H groups in total. The number of methoxy groups -OCH3 is 1. The van der Waals surface area contributed by atoms with Crippen molar-refractivity contribution in [3.8, 4) is 5.75 Å². The minimum atomic E-state index is 0.327. The first-order valence-electron chi connectivity index (χ1n) is 8.72. The van der Waals surface area contributed by atoms with Gasteiger partial charge < -0.3 is 9.47 Å². The maximum atomic E-state index is 5.70. The summed E-state index contributed by atoms with van der Waals surface area (Å²) >= 11 is 3.57. The van der Waals surface area contributed by atoms with Gasteiger partial charge in [-0.05, 0) is 72.1 Å². The van der Waals surface area contributed by atoms with Crippen LogP contribution in [-0.4, -0.2) is 20.3 Å². The maximum Gasteiger partial charge on any atom is 0.119 e. The monoisotopic (exact) mass is 386 g/mol. The van der Waals surface area contributed by atoms with Crippen LogP contribution in [-0.2, 0) is 11.2 Å². The molecule has 2 aromatic carbocycles. The van der Waals surface area contributed by atoms with Gasteiger partial charge in [0, 0.05) is 23.6 Å². The molecule has 4 rings (SSSR count). The minimum Gasteiger partial charge on any atom is -0.497 e. The molecule has 1 fully saturated rings. The molecule has 0 radical (unpaired) electrons. The van der Waals surface area contributed by atoms with E-state index in [0.29, 0.717) is 11.3 Å². The van der Waals surface area contributed by atoms with Crippen molar-refractivity contribution in [3.63, 3.8) is 0 Å². The van der Waals surface area contributed by atoms with Gasteiger partial charge in [0.2, 0.25) is 0 Å². The van der Waals surface area contributed by atoms with Crippen LogP contribution in [0.5, 0.6) is 5.75 Å². The highest BCUT2D eigenvalue weighted by Crippen LogP contribution is 2.54. The van der Waals surface area contributed by atoms with Crippen molar-refractivity contribution in [2.24, 2.45) is 5.41 Å². The summed E-state index contributed by atoms with van der Waals surface area (Å²) < 4.78 is 12.3. The first-order valence-corrected chi connectivity index (χ1v) is 9.51. The van der Waals surface area contributed by atoms with Crippen LogP contribution in [0.1, 0.15) is 41.9 Å². The fourth-order valence-electron chi connectivity index (χ4n) is 4.57. The van der Waals surface area contributed by atoms with Crippen LogP contribution in [0.25, 0.3) is 0 Å². The van der Waals surface area contributed by atoms with Gasteiger partial charge in [-0.15, -0.1) is 0 Å². The number of benzene rings is 2. The third-order valence-corrected chi connectivity index (χ3v) is 6.39. The molecule has 24 heavy (non-hydrogen) atoms. The van der Waals surface area contributed by atoms with E-state index in [1.807, 2.05) is 0 Å². The molecule has 1 unspecified atom stereocenters. The zero-order valence-electron chi connectivity index (χ0n) is 14.1.